The summed E-state index contributed by atoms with van der Waals surface area (Å²) < 4.78 is 0. The molecule has 0 aliphatic heterocycles. The lowest BCUT2D eigenvalue weighted by Gasteiger charge is -2.10. The highest BCUT2D eigenvalue weighted by Gasteiger charge is 2.05. The summed E-state index contributed by atoms with van der Waals surface area (Å²) in [5.74, 6) is -0.0139. The third-order valence-electron chi connectivity index (χ3n) is 2.13. The number of nitrogens with two attached hydrogens (primary N) is 1. The van der Waals surface area contributed by atoms with Gasteiger partial charge in [0.25, 0.3) is 0 Å². The molecule has 0 radical (unpaired) electrons. The third-order valence-corrected chi connectivity index (χ3v) is 3.51. The number of benzene rings is 1. The fraction of sp³-hybridized carbons (Fsp3) is 0.417. The first-order chi connectivity index (χ1) is 8.13. The SMILES string of the molecule is CCCNCc1cc(Cl)ccc1SCC(N)=O. The lowest BCUT2D eigenvalue weighted by molar-refractivity contribution is -0.115. The van der Waals surface area contributed by atoms with E-state index in [1.807, 2.05) is 18.2 Å². The standard InChI is InChI=1S/C12H17ClN2OS/c1-2-5-15-7-9-6-10(13)3-4-11(9)17-8-12(14)16/h3-4,6,15H,2,5,7-8H2,1H3,(H2,14,16). The van der Waals surface area contributed by atoms with Crippen LogP contribution in [0.4, 0.5) is 0 Å². The van der Waals surface area contributed by atoms with Gasteiger partial charge < -0.3 is 11.1 Å². The van der Waals surface area contributed by atoms with E-state index in [1.54, 1.807) is 0 Å². The molecule has 0 heterocycles. The van der Waals surface area contributed by atoms with Crippen LogP contribution in [-0.4, -0.2) is 18.2 Å². The van der Waals surface area contributed by atoms with Crippen LogP contribution in [0.2, 0.25) is 5.02 Å². The third kappa shape index (κ3) is 5.44. The fourth-order valence-corrected chi connectivity index (χ4v) is 2.35. The van der Waals surface area contributed by atoms with Crippen molar-refractivity contribution in [2.24, 2.45) is 5.73 Å². The van der Waals surface area contributed by atoms with Gasteiger partial charge in [-0.2, -0.15) is 0 Å². The van der Waals surface area contributed by atoms with E-state index in [-0.39, 0.29) is 5.91 Å². The van der Waals surface area contributed by atoms with Crippen LogP contribution < -0.4 is 11.1 Å². The molecule has 1 aromatic carbocycles. The van der Waals surface area contributed by atoms with Gasteiger partial charge in [0.15, 0.2) is 0 Å². The monoisotopic (exact) mass is 272 g/mol. The first-order valence-electron chi connectivity index (χ1n) is 5.53. The molecule has 0 spiro atoms. The van der Waals surface area contributed by atoms with E-state index in [1.165, 1.54) is 11.8 Å². The number of hydrogen-bond acceptors (Lipinski definition) is 3. The molecule has 0 aliphatic rings. The van der Waals surface area contributed by atoms with E-state index in [2.05, 4.69) is 12.2 Å². The fourth-order valence-electron chi connectivity index (χ4n) is 1.38. The van der Waals surface area contributed by atoms with Crippen LogP contribution in [0, 0.1) is 0 Å². The smallest absolute Gasteiger partial charge is 0.227 e. The minimum Gasteiger partial charge on any atom is -0.369 e. The van der Waals surface area contributed by atoms with Crippen LogP contribution >= 0.6 is 23.4 Å². The van der Waals surface area contributed by atoms with Gasteiger partial charge in [-0.3, -0.25) is 4.79 Å². The second kappa shape index (κ2) is 7.58. The molecular formula is C12H17ClN2OS. The van der Waals surface area contributed by atoms with Crippen LogP contribution in [0.25, 0.3) is 0 Å². The number of hydrogen-bond donors (Lipinski definition) is 2. The summed E-state index contributed by atoms with van der Waals surface area (Å²) in [5, 5.41) is 4.03. The number of halogens is 1. The van der Waals surface area contributed by atoms with Crippen molar-refractivity contribution in [3.05, 3.63) is 28.8 Å². The van der Waals surface area contributed by atoms with Crippen molar-refractivity contribution in [1.29, 1.82) is 0 Å². The van der Waals surface area contributed by atoms with Crippen LogP contribution in [-0.2, 0) is 11.3 Å². The molecule has 0 fully saturated rings. The molecule has 0 aromatic heterocycles. The Morgan fingerprint density at radius 2 is 2.29 bits per heavy atom. The van der Waals surface area contributed by atoms with Gasteiger partial charge in [0.05, 0.1) is 5.75 Å². The molecular weight excluding hydrogens is 256 g/mol. The predicted molar refractivity (Wildman–Crippen MR) is 73.4 cm³/mol. The van der Waals surface area contributed by atoms with Gasteiger partial charge in [-0.1, -0.05) is 18.5 Å². The van der Waals surface area contributed by atoms with Crippen LogP contribution in [0.15, 0.2) is 23.1 Å². The Kier molecular flexibility index (Phi) is 6.40. The minimum absolute atomic E-state index is 0.294. The summed E-state index contributed by atoms with van der Waals surface area (Å²) in [7, 11) is 0. The molecule has 0 bridgehead atoms. The lowest BCUT2D eigenvalue weighted by atomic mass is 10.2. The van der Waals surface area contributed by atoms with Crippen molar-refractivity contribution in [3.63, 3.8) is 0 Å². The number of nitrogens with one attached hydrogen (secondary N) is 1. The highest BCUT2D eigenvalue weighted by Crippen LogP contribution is 2.25. The summed E-state index contributed by atoms with van der Waals surface area (Å²) in [4.78, 5) is 11.8. The van der Waals surface area contributed by atoms with Crippen molar-refractivity contribution >= 4 is 29.3 Å². The first kappa shape index (κ1) is 14.4. The Balaban J connectivity index is 2.69. The Bertz CT molecular complexity index is 385. The summed E-state index contributed by atoms with van der Waals surface area (Å²) in [6.45, 7) is 3.84. The maximum absolute atomic E-state index is 10.8. The molecule has 0 saturated carbocycles. The Hall–Kier alpha value is -0.710. The number of primary amides is 1. The van der Waals surface area contributed by atoms with Crippen molar-refractivity contribution in [3.8, 4) is 0 Å². The highest BCUT2D eigenvalue weighted by atomic mass is 35.5. The van der Waals surface area contributed by atoms with E-state index in [0.717, 1.165) is 30.0 Å². The van der Waals surface area contributed by atoms with E-state index >= 15 is 0 Å². The molecule has 3 N–H and O–H groups in total. The topological polar surface area (TPSA) is 55.1 Å². The molecule has 0 unspecified atom stereocenters. The Morgan fingerprint density at radius 1 is 1.53 bits per heavy atom. The van der Waals surface area contributed by atoms with Crippen molar-refractivity contribution in [2.45, 2.75) is 24.8 Å². The maximum atomic E-state index is 10.8. The quantitative estimate of drug-likeness (QED) is 0.592. The molecule has 0 aliphatic carbocycles. The molecule has 17 heavy (non-hydrogen) atoms. The minimum atomic E-state index is -0.308. The zero-order valence-electron chi connectivity index (χ0n) is 9.83. The normalized spacial score (nSPS) is 10.5. The molecule has 94 valence electrons. The number of rotatable bonds is 7. The largest absolute Gasteiger partial charge is 0.369 e. The summed E-state index contributed by atoms with van der Waals surface area (Å²) >= 11 is 7.41. The molecule has 1 amide bonds. The molecule has 5 heteroatoms. The second-order valence-corrected chi connectivity index (χ2v) is 5.14. The average Bonchev–Trinajstić information content (AvgIpc) is 2.28. The van der Waals surface area contributed by atoms with Crippen molar-refractivity contribution in [1.82, 2.24) is 5.32 Å². The predicted octanol–water partition coefficient (Wildman–Crippen LogP) is 2.42. The van der Waals surface area contributed by atoms with Gasteiger partial charge in [-0.25, -0.2) is 0 Å². The van der Waals surface area contributed by atoms with Crippen molar-refractivity contribution < 1.29 is 4.79 Å². The number of thioether (sulfide) groups is 1. The number of amides is 1. The highest BCUT2D eigenvalue weighted by molar-refractivity contribution is 8.00. The Morgan fingerprint density at radius 3 is 2.94 bits per heavy atom. The zero-order chi connectivity index (χ0) is 12.7. The van der Waals surface area contributed by atoms with Crippen LogP contribution in [0.3, 0.4) is 0 Å². The van der Waals surface area contributed by atoms with Gasteiger partial charge in [0.2, 0.25) is 5.91 Å². The zero-order valence-corrected chi connectivity index (χ0v) is 11.4. The number of carbonyl (C=O) groups excluding carboxylic acids is 1. The van der Waals surface area contributed by atoms with Gasteiger partial charge >= 0.3 is 0 Å². The molecule has 3 nitrogen and oxygen atoms in total. The van der Waals surface area contributed by atoms with Gasteiger partial charge in [0.1, 0.15) is 0 Å². The Labute approximate surface area is 111 Å². The maximum Gasteiger partial charge on any atom is 0.227 e. The molecule has 1 aromatic rings. The van der Waals surface area contributed by atoms with Crippen LogP contribution in [0.1, 0.15) is 18.9 Å². The lowest BCUT2D eigenvalue weighted by Crippen LogP contribution is -2.15. The second-order valence-electron chi connectivity index (χ2n) is 3.68. The van der Waals surface area contributed by atoms with E-state index in [0.29, 0.717) is 10.8 Å². The van der Waals surface area contributed by atoms with E-state index in [9.17, 15) is 4.79 Å². The first-order valence-corrected chi connectivity index (χ1v) is 6.90. The van der Waals surface area contributed by atoms with Gasteiger partial charge in [-0.15, -0.1) is 11.8 Å². The van der Waals surface area contributed by atoms with Gasteiger partial charge in [-0.05, 0) is 36.7 Å². The molecule has 0 atom stereocenters. The van der Waals surface area contributed by atoms with Crippen LogP contribution in [0.5, 0.6) is 0 Å². The van der Waals surface area contributed by atoms with Gasteiger partial charge in [0, 0.05) is 16.5 Å². The van der Waals surface area contributed by atoms with Crippen molar-refractivity contribution in [2.75, 3.05) is 12.3 Å². The number of carbonyl (C=O) groups is 1. The summed E-state index contributed by atoms with van der Waals surface area (Å²) in [6, 6.07) is 5.68. The average molecular weight is 273 g/mol. The molecule has 0 saturated heterocycles. The molecule has 1 rings (SSSR count). The van der Waals surface area contributed by atoms with E-state index in [4.69, 9.17) is 17.3 Å². The summed E-state index contributed by atoms with van der Waals surface area (Å²) in [5.41, 5.74) is 6.25. The summed E-state index contributed by atoms with van der Waals surface area (Å²) in [6.07, 6.45) is 1.09. The van der Waals surface area contributed by atoms with E-state index < -0.39 is 0 Å².